The van der Waals surface area contributed by atoms with E-state index in [1.54, 1.807) is 36.0 Å². The molecule has 0 aliphatic rings. The lowest BCUT2D eigenvalue weighted by Gasteiger charge is -2.12. The van der Waals surface area contributed by atoms with E-state index < -0.39 is 11.7 Å². The summed E-state index contributed by atoms with van der Waals surface area (Å²) < 4.78 is 2.92. The van der Waals surface area contributed by atoms with Gasteiger partial charge in [-0.3, -0.25) is 9.36 Å². The summed E-state index contributed by atoms with van der Waals surface area (Å²) in [5.74, 6) is 0.0637. The molecule has 0 bridgehead atoms. The second kappa shape index (κ2) is 6.62. The van der Waals surface area contributed by atoms with Crippen molar-refractivity contribution in [2.45, 2.75) is 19.9 Å². The molecule has 140 valence electrons. The minimum atomic E-state index is -0.738. The fourth-order valence-electron chi connectivity index (χ4n) is 3.07. The number of nitrogens with one attached hydrogen (secondary N) is 2. The van der Waals surface area contributed by atoms with Gasteiger partial charge in [0.2, 0.25) is 5.91 Å². The van der Waals surface area contributed by atoms with Crippen LogP contribution >= 0.6 is 0 Å². The van der Waals surface area contributed by atoms with E-state index in [-0.39, 0.29) is 5.91 Å². The quantitative estimate of drug-likeness (QED) is 0.546. The summed E-state index contributed by atoms with van der Waals surface area (Å²) in [6.07, 6.45) is 4.77. The molecule has 4 heterocycles. The zero-order valence-electron chi connectivity index (χ0n) is 15.2. The summed E-state index contributed by atoms with van der Waals surface area (Å²) in [5, 5.41) is 16.1. The van der Waals surface area contributed by atoms with Crippen LogP contribution in [0.4, 0.5) is 0 Å². The molecule has 0 aliphatic heterocycles. The molecule has 0 unspecified atom stereocenters. The molecule has 28 heavy (non-hydrogen) atoms. The van der Waals surface area contributed by atoms with Crippen molar-refractivity contribution >= 4 is 22.6 Å². The molecule has 0 radical (unpaired) electrons. The lowest BCUT2D eigenvalue weighted by atomic mass is 10.2. The first-order valence-electron chi connectivity index (χ1n) is 8.66. The van der Waals surface area contributed by atoms with Crippen molar-refractivity contribution in [3.8, 4) is 17.5 Å². The van der Waals surface area contributed by atoms with Crippen LogP contribution in [0.3, 0.4) is 0 Å². The third-order valence-electron chi connectivity index (χ3n) is 4.47. The predicted molar refractivity (Wildman–Crippen MR) is 100 cm³/mol. The number of hydrogen-bond donors (Lipinski definition) is 2. The third kappa shape index (κ3) is 2.69. The average Bonchev–Trinajstić information content (AvgIpc) is 3.26. The Balaban J connectivity index is 1.89. The number of nitriles is 1. The van der Waals surface area contributed by atoms with Gasteiger partial charge in [-0.1, -0.05) is 0 Å². The van der Waals surface area contributed by atoms with Crippen molar-refractivity contribution in [2.75, 3.05) is 6.54 Å². The number of pyridine rings is 1. The normalized spacial score (nSPS) is 12.2. The van der Waals surface area contributed by atoms with Gasteiger partial charge in [0, 0.05) is 12.7 Å². The van der Waals surface area contributed by atoms with Crippen molar-refractivity contribution in [3.63, 3.8) is 0 Å². The van der Waals surface area contributed by atoms with Crippen molar-refractivity contribution in [3.05, 3.63) is 46.8 Å². The highest BCUT2D eigenvalue weighted by molar-refractivity contribution is 5.83. The summed E-state index contributed by atoms with van der Waals surface area (Å²) in [4.78, 5) is 36.1. The van der Waals surface area contributed by atoms with E-state index in [9.17, 15) is 9.59 Å². The van der Waals surface area contributed by atoms with E-state index in [2.05, 4.69) is 31.4 Å². The van der Waals surface area contributed by atoms with Crippen molar-refractivity contribution < 1.29 is 4.79 Å². The maximum Gasteiger partial charge on any atom is 0.328 e. The number of aromatic amines is 1. The summed E-state index contributed by atoms with van der Waals surface area (Å²) in [6.45, 7) is 3.91. The maximum absolute atomic E-state index is 12.4. The van der Waals surface area contributed by atoms with Crippen molar-refractivity contribution in [1.29, 1.82) is 5.26 Å². The van der Waals surface area contributed by atoms with Crippen LogP contribution in [0.1, 0.15) is 25.5 Å². The standard InChI is InChI=1S/C18H16N8O2/c1-3-20-17(27)10(2)26-16-13(23-18(26)28)9-21-15(24-16)12-8-22-25-5-4-11(7-19)6-14(12)25/h4-6,8-10H,3H2,1-2H3,(H,20,27)(H,23,28)/t10-/m1/s1. The van der Waals surface area contributed by atoms with Gasteiger partial charge in [0.1, 0.15) is 11.6 Å². The molecular formula is C18H16N8O2. The highest BCUT2D eigenvalue weighted by atomic mass is 16.2. The monoisotopic (exact) mass is 376 g/mol. The van der Waals surface area contributed by atoms with E-state index in [1.165, 1.54) is 10.8 Å². The van der Waals surface area contributed by atoms with Gasteiger partial charge < -0.3 is 10.3 Å². The Hall–Kier alpha value is -4.00. The minimum Gasteiger partial charge on any atom is -0.355 e. The number of nitrogens with zero attached hydrogens (tertiary/aromatic N) is 6. The molecule has 10 heteroatoms. The van der Waals surface area contributed by atoms with Crippen LogP contribution in [0.15, 0.2) is 35.5 Å². The van der Waals surface area contributed by atoms with Gasteiger partial charge in [0.05, 0.1) is 35.1 Å². The maximum atomic E-state index is 12.4. The average molecular weight is 376 g/mol. The van der Waals surface area contributed by atoms with Crippen LogP contribution in [0.2, 0.25) is 0 Å². The highest BCUT2D eigenvalue weighted by Crippen LogP contribution is 2.23. The summed E-state index contributed by atoms with van der Waals surface area (Å²) in [5.41, 5.74) is 2.08. The molecule has 0 fully saturated rings. The molecule has 0 aromatic carbocycles. The molecule has 0 spiro atoms. The van der Waals surface area contributed by atoms with E-state index >= 15 is 0 Å². The Morgan fingerprint density at radius 3 is 3.00 bits per heavy atom. The number of amides is 1. The van der Waals surface area contributed by atoms with Gasteiger partial charge in [0.25, 0.3) is 0 Å². The smallest absolute Gasteiger partial charge is 0.328 e. The fraction of sp³-hybridized carbons (Fsp3) is 0.222. The number of hydrogen-bond acceptors (Lipinski definition) is 6. The van der Waals surface area contributed by atoms with Crippen LogP contribution in [0.25, 0.3) is 28.1 Å². The molecule has 0 saturated carbocycles. The van der Waals surface area contributed by atoms with E-state index in [4.69, 9.17) is 5.26 Å². The highest BCUT2D eigenvalue weighted by Gasteiger charge is 2.21. The molecule has 4 aromatic rings. The second-order valence-corrected chi connectivity index (χ2v) is 6.22. The van der Waals surface area contributed by atoms with E-state index in [1.807, 2.05) is 6.92 Å². The Morgan fingerprint density at radius 1 is 1.43 bits per heavy atom. The summed E-state index contributed by atoms with van der Waals surface area (Å²) in [7, 11) is 0. The van der Waals surface area contributed by atoms with Crippen LogP contribution in [0.5, 0.6) is 0 Å². The number of carbonyl (C=O) groups excluding carboxylic acids is 1. The van der Waals surface area contributed by atoms with Crippen LogP contribution in [0, 0.1) is 11.3 Å². The topological polar surface area (TPSA) is 134 Å². The molecule has 4 rings (SSSR count). The third-order valence-corrected chi connectivity index (χ3v) is 4.47. The molecule has 1 amide bonds. The molecule has 4 aromatic heterocycles. The summed E-state index contributed by atoms with van der Waals surface area (Å²) in [6, 6.07) is 4.70. The van der Waals surface area contributed by atoms with Gasteiger partial charge >= 0.3 is 5.69 Å². The number of likely N-dealkylation sites (N-methyl/N-ethyl adjacent to an activating group) is 1. The zero-order valence-corrected chi connectivity index (χ0v) is 15.2. The number of fused-ring (bicyclic) bond motifs is 2. The van der Waals surface area contributed by atoms with Gasteiger partial charge in [0.15, 0.2) is 11.5 Å². The van der Waals surface area contributed by atoms with E-state index in [0.717, 1.165) is 0 Å². The molecule has 10 nitrogen and oxygen atoms in total. The van der Waals surface area contributed by atoms with Gasteiger partial charge in [-0.2, -0.15) is 10.4 Å². The predicted octanol–water partition coefficient (Wildman–Crippen LogP) is 1.00. The van der Waals surface area contributed by atoms with Crippen LogP contribution in [-0.2, 0) is 4.79 Å². The largest absolute Gasteiger partial charge is 0.355 e. The number of H-pyrrole nitrogens is 1. The number of aromatic nitrogens is 6. The van der Waals surface area contributed by atoms with Gasteiger partial charge in [-0.15, -0.1) is 0 Å². The first-order chi connectivity index (χ1) is 13.5. The van der Waals surface area contributed by atoms with E-state index in [0.29, 0.717) is 40.2 Å². The SMILES string of the molecule is CCNC(=O)[C@@H](C)n1c(=O)[nH]c2cnc(-c3cnn4ccc(C#N)cc34)nc21. The Labute approximate surface area is 158 Å². The van der Waals surface area contributed by atoms with Crippen LogP contribution in [-0.4, -0.2) is 41.6 Å². The van der Waals surface area contributed by atoms with Gasteiger partial charge in [-0.25, -0.2) is 19.3 Å². The molecule has 2 N–H and O–H groups in total. The lowest BCUT2D eigenvalue weighted by molar-refractivity contribution is -0.123. The van der Waals surface area contributed by atoms with Crippen LogP contribution < -0.4 is 11.0 Å². The summed E-state index contributed by atoms with van der Waals surface area (Å²) >= 11 is 0. The molecule has 1 atom stereocenters. The minimum absolute atomic E-state index is 0.277. The van der Waals surface area contributed by atoms with Crippen molar-refractivity contribution in [2.24, 2.45) is 0 Å². The first kappa shape index (κ1) is 17.4. The second-order valence-electron chi connectivity index (χ2n) is 6.22. The molecular weight excluding hydrogens is 360 g/mol. The lowest BCUT2D eigenvalue weighted by Crippen LogP contribution is -2.34. The first-order valence-corrected chi connectivity index (χ1v) is 8.66. The van der Waals surface area contributed by atoms with Crippen molar-refractivity contribution in [1.82, 2.24) is 34.4 Å². The fourth-order valence-corrected chi connectivity index (χ4v) is 3.07. The van der Waals surface area contributed by atoms with Gasteiger partial charge in [-0.05, 0) is 26.0 Å². The number of imidazole rings is 1. The zero-order chi connectivity index (χ0) is 19.8. The number of rotatable bonds is 4. The molecule has 0 aliphatic carbocycles. The Morgan fingerprint density at radius 2 is 2.25 bits per heavy atom. The Kier molecular flexibility index (Phi) is 4.12. The molecule has 0 saturated heterocycles. The Bertz CT molecular complexity index is 1310. The number of carbonyl (C=O) groups is 1.